The molecule has 2 aromatic rings. The van der Waals surface area contributed by atoms with Crippen LogP contribution in [-0.2, 0) is 0 Å². The van der Waals surface area contributed by atoms with Gasteiger partial charge in [0.25, 0.3) is 0 Å². The Kier molecular flexibility index (Phi) is 10.5. The van der Waals surface area contributed by atoms with E-state index >= 15 is 0 Å². The summed E-state index contributed by atoms with van der Waals surface area (Å²) in [5.41, 5.74) is 0. The number of ether oxygens (including phenoxy) is 3. The largest absolute Gasteiger partial charge is 0.494 e. The summed E-state index contributed by atoms with van der Waals surface area (Å²) in [4.78, 5) is 0. The summed E-state index contributed by atoms with van der Waals surface area (Å²) < 4.78 is 16.9. The average molecular weight is 352 g/mol. The molecule has 0 aliphatic rings. The van der Waals surface area contributed by atoms with Crippen molar-refractivity contribution in [3.05, 3.63) is 54.6 Å². The van der Waals surface area contributed by atoms with Gasteiger partial charge in [-0.1, -0.05) is 30.3 Å². The van der Waals surface area contributed by atoms with Gasteiger partial charge >= 0.3 is 0 Å². The van der Waals surface area contributed by atoms with Crippen molar-refractivity contribution >= 4 is 12.4 Å². The third kappa shape index (κ3) is 7.57. The molecular formula is C19H26ClNO3. The molecule has 24 heavy (non-hydrogen) atoms. The summed E-state index contributed by atoms with van der Waals surface area (Å²) >= 11 is 0. The lowest BCUT2D eigenvalue weighted by molar-refractivity contribution is 0.272. The highest BCUT2D eigenvalue weighted by atomic mass is 35.5. The second-order valence-corrected chi connectivity index (χ2v) is 4.99. The van der Waals surface area contributed by atoms with Crippen LogP contribution in [0.4, 0.5) is 0 Å². The van der Waals surface area contributed by atoms with E-state index in [0.29, 0.717) is 19.8 Å². The molecular weight excluding hydrogens is 326 g/mol. The lowest BCUT2D eigenvalue weighted by Crippen LogP contribution is -2.23. The molecule has 0 aliphatic carbocycles. The molecule has 0 fully saturated rings. The third-order valence-corrected chi connectivity index (χ3v) is 3.20. The van der Waals surface area contributed by atoms with Gasteiger partial charge in [-0.25, -0.2) is 0 Å². The first-order valence-electron chi connectivity index (χ1n) is 8.13. The number of rotatable bonds is 11. The van der Waals surface area contributed by atoms with Crippen LogP contribution in [-0.4, -0.2) is 32.9 Å². The Morgan fingerprint density at radius 2 is 1.42 bits per heavy atom. The van der Waals surface area contributed by atoms with Gasteiger partial charge in [-0.05, 0) is 44.2 Å². The fraction of sp³-hybridized carbons (Fsp3) is 0.368. The van der Waals surface area contributed by atoms with E-state index in [2.05, 4.69) is 5.32 Å². The van der Waals surface area contributed by atoms with Crippen LogP contribution in [0.3, 0.4) is 0 Å². The number of hydrogen-bond acceptors (Lipinski definition) is 4. The van der Waals surface area contributed by atoms with Gasteiger partial charge in [0.15, 0.2) is 11.5 Å². The van der Waals surface area contributed by atoms with Crippen LogP contribution >= 0.6 is 12.4 Å². The number of nitrogens with one attached hydrogen (secondary N) is 1. The normalized spacial score (nSPS) is 9.88. The molecule has 2 rings (SSSR count). The Labute approximate surface area is 150 Å². The first kappa shape index (κ1) is 20.1. The maximum absolute atomic E-state index is 5.75. The van der Waals surface area contributed by atoms with Gasteiger partial charge < -0.3 is 19.5 Å². The zero-order valence-electron chi connectivity index (χ0n) is 14.1. The molecule has 0 aromatic heterocycles. The molecule has 0 radical (unpaired) electrons. The molecule has 0 bridgehead atoms. The average Bonchev–Trinajstić information content (AvgIpc) is 2.60. The quantitative estimate of drug-likeness (QED) is 0.622. The summed E-state index contributed by atoms with van der Waals surface area (Å²) in [7, 11) is 0. The Morgan fingerprint density at radius 3 is 2.12 bits per heavy atom. The maximum Gasteiger partial charge on any atom is 0.161 e. The van der Waals surface area contributed by atoms with Gasteiger partial charge in [0.05, 0.1) is 13.2 Å². The van der Waals surface area contributed by atoms with Crippen molar-refractivity contribution in [3.8, 4) is 17.2 Å². The van der Waals surface area contributed by atoms with Crippen molar-refractivity contribution in [1.29, 1.82) is 0 Å². The number of benzene rings is 2. The van der Waals surface area contributed by atoms with Crippen molar-refractivity contribution in [2.75, 3.05) is 32.9 Å². The predicted octanol–water partition coefficient (Wildman–Crippen LogP) is 3.94. The molecule has 0 spiro atoms. The second kappa shape index (κ2) is 12.5. The van der Waals surface area contributed by atoms with Gasteiger partial charge in [0.1, 0.15) is 12.4 Å². The van der Waals surface area contributed by atoms with E-state index in [4.69, 9.17) is 14.2 Å². The Morgan fingerprint density at radius 1 is 0.750 bits per heavy atom. The highest BCUT2D eigenvalue weighted by molar-refractivity contribution is 5.85. The zero-order chi connectivity index (χ0) is 16.2. The van der Waals surface area contributed by atoms with Crippen molar-refractivity contribution in [1.82, 2.24) is 5.32 Å². The Balaban J connectivity index is 0.00000288. The monoisotopic (exact) mass is 351 g/mol. The highest BCUT2D eigenvalue weighted by Crippen LogP contribution is 2.25. The molecule has 5 heteroatoms. The van der Waals surface area contributed by atoms with E-state index in [0.717, 1.165) is 36.8 Å². The van der Waals surface area contributed by atoms with E-state index in [1.807, 2.05) is 61.5 Å². The molecule has 0 saturated heterocycles. The Bertz CT molecular complexity index is 551. The summed E-state index contributed by atoms with van der Waals surface area (Å²) in [6, 6.07) is 17.6. The molecule has 0 saturated carbocycles. The molecule has 0 amide bonds. The summed E-state index contributed by atoms with van der Waals surface area (Å²) in [6.45, 7) is 5.64. The summed E-state index contributed by atoms with van der Waals surface area (Å²) in [5, 5.41) is 3.35. The van der Waals surface area contributed by atoms with Crippen LogP contribution < -0.4 is 19.5 Å². The highest BCUT2D eigenvalue weighted by Gasteiger charge is 2.02. The number of para-hydroxylation sites is 3. The van der Waals surface area contributed by atoms with Crippen LogP contribution in [0.2, 0.25) is 0 Å². The van der Waals surface area contributed by atoms with Gasteiger partial charge in [0.2, 0.25) is 0 Å². The zero-order valence-corrected chi connectivity index (χ0v) is 14.9. The van der Waals surface area contributed by atoms with E-state index in [9.17, 15) is 0 Å². The van der Waals surface area contributed by atoms with Gasteiger partial charge in [-0.3, -0.25) is 0 Å². The van der Waals surface area contributed by atoms with Gasteiger partial charge in [0, 0.05) is 6.54 Å². The minimum atomic E-state index is 0. The van der Waals surface area contributed by atoms with Crippen molar-refractivity contribution < 1.29 is 14.2 Å². The maximum atomic E-state index is 5.75. The number of hydrogen-bond donors (Lipinski definition) is 1. The topological polar surface area (TPSA) is 39.7 Å². The van der Waals surface area contributed by atoms with Crippen molar-refractivity contribution in [2.24, 2.45) is 0 Å². The lowest BCUT2D eigenvalue weighted by atomic mass is 10.3. The van der Waals surface area contributed by atoms with E-state index in [-0.39, 0.29) is 12.4 Å². The van der Waals surface area contributed by atoms with Gasteiger partial charge in [-0.2, -0.15) is 0 Å². The smallest absolute Gasteiger partial charge is 0.161 e. The molecule has 4 nitrogen and oxygen atoms in total. The van der Waals surface area contributed by atoms with E-state index in [1.54, 1.807) is 0 Å². The molecule has 0 unspecified atom stereocenters. The molecule has 0 aliphatic heterocycles. The van der Waals surface area contributed by atoms with Crippen LogP contribution in [0, 0.1) is 0 Å². The minimum absolute atomic E-state index is 0. The Hall–Kier alpha value is -1.91. The standard InChI is InChI=1S/C19H25NO3.ClH/c1-2-21-18-11-6-7-12-19(18)23-16-14-20-13-8-15-22-17-9-4-3-5-10-17;/h3-7,9-12,20H,2,8,13-16H2,1H3;1H. The predicted molar refractivity (Wildman–Crippen MR) is 99.8 cm³/mol. The first-order chi connectivity index (χ1) is 11.4. The fourth-order valence-electron chi connectivity index (χ4n) is 2.11. The minimum Gasteiger partial charge on any atom is -0.494 e. The van der Waals surface area contributed by atoms with Crippen molar-refractivity contribution in [3.63, 3.8) is 0 Å². The first-order valence-corrected chi connectivity index (χ1v) is 8.13. The van der Waals surface area contributed by atoms with Crippen LogP contribution in [0.25, 0.3) is 0 Å². The molecule has 2 aromatic carbocycles. The third-order valence-electron chi connectivity index (χ3n) is 3.20. The van der Waals surface area contributed by atoms with Crippen LogP contribution in [0.15, 0.2) is 54.6 Å². The van der Waals surface area contributed by atoms with E-state index in [1.165, 1.54) is 0 Å². The van der Waals surface area contributed by atoms with Gasteiger partial charge in [-0.15, -0.1) is 12.4 Å². The SMILES string of the molecule is CCOc1ccccc1OCCNCCCOc1ccccc1.Cl. The second-order valence-electron chi connectivity index (χ2n) is 4.99. The molecule has 1 N–H and O–H groups in total. The molecule has 0 heterocycles. The molecule has 0 atom stereocenters. The van der Waals surface area contributed by atoms with Crippen LogP contribution in [0.1, 0.15) is 13.3 Å². The van der Waals surface area contributed by atoms with Crippen LogP contribution in [0.5, 0.6) is 17.2 Å². The fourth-order valence-corrected chi connectivity index (χ4v) is 2.11. The van der Waals surface area contributed by atoms with Crippen molar-refractivity contribution in [2.45, 2.75) is 13.3 Å². The lowest BCUT2D eigenvalue weighted by Gasteiger charge is -2.12. The molecule has 132 valence electrons. The summed E-state index contributed by atoms with van der Waals surface area (Å²) in [5.74, 6) is 2.51. The summed E-state index contributed by atoms with van der Waals surface area (Å²) in [6.07, 6.45) is 0.963. The van der Waals surface area contributed by atoms with E-state index < -0.39 is 0 Å². The number of halogens is 1.